The van der Waals surface area contributed by atoms with Crippen LogP contribution in [0.15, 0.2) is 72.8 Å². The first-order valence-corrected chi connectivity index (χ1v) is 8.66. The summed E-state index contributed by atoms with van der Waals surface area (Å²) in [5.74, 6) is 0.344. The van der Waals surface area contributed by atoms with Crippen LogP contribution in [0.3, 0.4) is 0 Å². The summed E-state index contributed by atoms with van der Waals surface area (Å²) in [5, 5.41) is 1.53. The zero-order valence-electron chi connectivity index (χ0n) is 13.4. The Morgan fingerprint density at radius 2 is 0.917 bits per heavy atom. The van der Waals surface area contributed by atoms with Crippen molar-refractivity contribution in [3.05, 3.63) is 105 Å². The highest BCUT2D eigenvalue weighted by Crippen LogP contribution is 2.25. The van der Waals surface area contributed by atoms with Crippen LogP contribution >= 0.6 is 23.2 Å². The van der Waals surface area contributed by atoms with E-state index in [2.05, 4.69) is 55.5 Å². The number of halogens is 2. The normalized spacial score (nSPS) is 12.5. The lowest BCUT2D eigenvalue weighted by Crippen LogP contribution is -1.95. The summed E-state index contributed by atoms with van der Waals surface area (Å²) >= 11 is 11.9. The summed E-state index contributed by atoms with van der Waals surface area (Å²) in [6.45, 7) is 2.21. The van der Waals surface area contributed by atoms with Crippen LogP contribution in [0.1, 0.15) is 35.1 Å². The molecule has 0 radical (unpaired) electrons. The van der Waals surface area contributed by atoms with Crippen LogP contribution in [0.25, 0.3) is 12.2 Å². The first-order chi connectivity index (χ1) is 11.6. The van der Waals surface area contributed by atoms with E-state index in [-0.39, 0.29) is 0 Å². The van der Waals surface area contributed by atoms with Crippen molar-refractivity contribution >= 4 is 35.4 Å². The van der Waals surface area contributed by atoms with Crippen molar-refractivity contribution in [3.63, 3.8) is 0 Å². The van der Waals surface area contributed by atoms with E-state index in [4.69, 9.17) is 23.2 Å². The second-order valence-corrected chi connectivity index (χ2v) is 6.70. The maximum Gasteiger partial charge on any atom is 0.0406 e. The molecule has 120 valence electrons. The Labute approximate surface area is 153 Å². The highest BCUT2D eigenvalue weighted by molar-refractivity contribution is 6.30. The Balaban J connectivity index is 1.73. The number of rotatable bonds is 4. The predicted molar refractivity (Wildman–Crippen MR) is 106 cm³/mol. The molecule has 0 bridgehead atoms. The quantitative estimate of drug-likeness (QED) is 0.431. The summed E-state index contributed by atoms with van der Waals surface area (Å²) < 4.78 is 0. The fourth-order valence-corrected chi connectivity index (χ4v) is 2.86. The molecule has 0 aromatic heterocycles. The Bertz CT molecular complexity index is 813. The molecular weight excluding hydrogens is 335 g/mol. The Hall–Kier alpha value is -2.02. The molecule has 0 aliphatic carbocycles. The van der Waals surface area contributed by atoms with Gasteiger partial charge in [0.05, 0.1) is 0 Å². The van der Waals surface area contributed by atoms with Crippen molar-refractivity contribution in [1.29, 1.82) is 0 Å². The molecule has 24 heavy (non-hydrogen) atoms. The zero-order chi connectivity index (χ0) is 16.9. The summed E-state index contributed by atoms with van der Waals surface area (Å²) in [5.41, 5.74) is 4.87. The van der Waals surface area contributed by atoms with E-state index in [1.807, 2.05) is 36.4 Å². The van der Waals surface area contributed by atoms with Gasteiger partial charge in [0.15, 0.2) is 0 Å². The van der Waals surface area contributed by atoms with Gasteiger partial charge in [-0.2, -0.15) is 0 Å². The first-order valence-electron chi connectivity index (χ1n) is 7.91. The second-order valence-electron chi connectivity index (χ2n) is 5.82. The minimum absolute atomic E-state index is 0.344. The Morgan fingerprint density at radius 3 is 1.38 bits per heavy atom. The lowest BCUT2D eigenvalue weighted by molar-refractivity contribution is 0.922. The van der Waals surface area contributed by atoms with Gasteiger partial charge in [0, 0.05) is 16.0 Å². The molecule has 0 saturated carbocycles. The smallest absolute Gasteiger partial charge is 0.0406 e. The largest absolute Gasteiger partial charge is 0.0843 e. The van der Waals surface area contributed by atoms with Crippen LogP contribution in [0.4, 0.5) is 0 Å². The van der Waals surface area contributed by atoms with Gasteiger partial charge in [-0.05, 0) is 46.5 Å². The standard InChI is InChI=1S/C22H18Cl2/c1-16(20-10-14-22(24)15-11-20)19-8-4-17(5-9-19)2-3-18-6-12-21(23)13-7-18/h2-16H,1H3/b3-2+. The molecular formula is C22H18Cl2. The predicted octanol–water partition coefficient (Wildman–Crippen LogP) is 7.32. The second kappa shape index (κ2) is 7.70. The number of hydrogen-bond acceptors (Lipinski definition) is 0. The lowest BCUT2D eigenvalue weighted by Gasteiger charge is -2.12. The van der Waals surface area contributed by atoms with Crippen LogP contribution in [-0.4, -0.2) is 0 Å². The molecule has 0 saturated heterocycles. The van der Waals surface area contributed by atoms with E-state index in [0.717, 1.165) is 15.6 Å². The van der Waals surface area contributed by atoms with Gasteiger partial charge < -0.3 is 0 Å². The van der Waals surface area contributed by atoms with E-state index in [1.165, 1.54) is 16.7 Å². The molecule has 0 N–H and O–H groups in total. The van der Waals surface area contributed by atoms with Gasteiger partial charge in [0.2, 0.25) is 0 Å². The van der Waals surface area contributed by atoms with E-state index < -0.39 is 0 Å². The minimum atomic E-state index is 0.344. The van der Waals surface area contributed by atoms with Gasteiger partial charge in [-0.3, -0.25) is 0 Å². The van der Waals surface area contributed by atoms with E-state index >= 15 is 0 Å². The van der Waals surface area contributed by atoms with Crippen molar-refractivity contribution in [2.75, 3.05) is 0 Å². The van der Waals surface area contributed by atoms with Gasteiger partial charge in [-0.15, -0.1) is 0 Å². The summed E-state index contributed by atoms with van der Waals surface area (Å²) in [7, 11) is 0. The molecule has 1 unspecified atom stereocenters. The van der Waals surface area contributed by atoms with Gasteiger partial charge in [-0.25, -0.2) is 0 Å². The van der Waals surface area contributed by atoms with Gasteiger partial charge in [-0.1, -0.05) is 90.8 Å². The molecule has 1 atom stereocenters. The number of hydrogen-bond donors (Lipinski definition) is 0. The third kappa shape index (κ3) is 4.29. The van der Waals surface area contributed by atoms with Crippen LogP contribution < -0.4 is 0 Å². The maximum atomic E-state index is 5.96. The summed E-state index contributed by atoms with van der Waals surface area (Å²) in [6.07, 6.45) is 4.20. The SMILES string of the molecule is CC(c1ccc(Cl)cc1)c1ccc(/C=C/c2ccc(Cl)cc2)cc1. The van der Waals surface area contributed by atoms with Crippen molar-refractivity contribution in [3.8, 4) is 0 Å². The number of benzene rings is 3. The third-order valence-corrected chi connectivity index (χ3v) is 4.65. The highest BCUT2D eigenvalue weighted by atomic mass is 35.5. The van der Waals surface area contributed by atoms with Crippen LogP contribution in [-0.2, 0) is 0 Å². The molecule has 2 heteroatoms. The average Bonchev–Trinajstić information content (AvgIpc) is 2.62. The van der Waals surface area contributed by atoms with Crippen molar-refractivity contribution in [1.82, 2.24) is 0 Å². The topological polar surface area (TPSA) is 0 Å². The Kier molecular flexibility index (Phi) is 5.40. The maximum absolute atomic E-state index is 5.96. The molecule has 0 aliphatic rings. The highest BCUT2D eigenvalue weighted by Gasteiger charge is 2.07. The van der Waals surface area contributed by atoms with Gasteiger partial charge in [0.25, 0.3) is 0 Å². The molecule has 3 aromatic carbocycles. The molecule has 3 aromatic rings. The third-order valence-electron chi connectivity index (χ3n) is 4.14. The molecule has 3 rings (SSSR count). The molecule has 0 nitrogen and oxygen atoms in total. The zero-order valence-corrected chi connectivity index (χ0v) is 14.9. The van der Waals surface area contributed by atoms with Crippen molar-refractivity contribution in [2.24, 2.45) is 0 Å². The van der Waals surface area contributed by atoms with Crippen molar-refractivity contribution < 1.29 is 0 Å². The van der Waals surface area contributed by atoms with E-state index in [0.29, 0.717) is 5.92 Å². The molecule has 0 heterocycles. The fraction of sp³-hybridized carbons (Fsp3) is 0.0909. The molecule has 0 aliphatic heterocycles. The minimum Gasteiger partial charge on any atom is -0.0843 e. The van der Waals surface area contributed by atoms with E-state index in [1.54, 1.807) is 0 Å². The van der Waals surface area contributed by atoms with E-state index in [9.17, 15) is 0 Å². The lowest BCUT2D eigenvalue weighted by atomic mass is 9.92. The fourth-order valence-electron chi connectivity index (χ4n) is 2.61. The first kappa shape index (κ1) is 16.8. The van der Waals surface area contributed by atoms with Gasteiger partial charge in [0.1, 0.15) is 0 Å². The average molecular weight is 353 g/mol. The van der Waals surface area contributed by atoms with Crippen LogP contribution in [0.2, 0.25) is 10.0 Å². The van der Waals surface area contributed by atoms with Crippen molar-refractivity contribution in [2.45, 2.75) is 12.8 Å². The monoisotopic (exact) mass is 352 g/mol. The van der Waals surface area contributed by atoms with Crippen LogP contribution in [0.5, 0.6) is 0 Å². The Morgan fingerprint density at radius 1 is 0.583 bits per heavy atom. The summed E-state index contributed by atoms with van der Waals surface area (Å²) in [4.78, 5) is 0. The van der Waals surface area contributed by atoms with Crippen LogP contribution in [0, 0.1) is 0 Å². The van der Waals surface area contributed by atoms with Gasteiger partial charge >= 0.3 is 0 Å². The molecule has 0 fully saturated rings. The summed E-state index contributed by atoms with van der Waals surface area (Å²) in [6, 6.07) is 24.5. The molecule has 0 amide bonds. The molecule has 0 spiro atoms.